The number of hydrogen-bond acceptors (Lipinski definition) is 4. The number of carbonyl (C=O) groups excluding carboxylic acids is 1. The molecule has 0 saturated heterocycles. The highest BCUT2D eigenvalue weighted by Crippen LogP contribution is 2.13. The monoisotopic (exact) mass is 349 g/mol. The number of hydrogen-bond donors (Lipinski definition) is 1. The van der Waals surface area contributed by atoms with E-state index in [1.807, 2.05) is 42.5 Å². The van der Waals surface area contributed by atoms with Gasteiger partial charge in [-0.15, -0.1) is 0 Å². The number of rotatable bonds is 5. The largest absolute Gasteiger partial charge is 0.272 e. The maximum atomic E-state index is 11.6. The second kappa shape index (κ2) is 7.81. The third-order valence-electron chi connectivity index (χ3n) is 2.24. The van der Waals surface area contributed by atoms with E-state index in [0.29, 0.717) is 0 Å². The number of halogens is 1. The van der Waals surface area contributed by atoms with Crippen molar-refractivity contribution in [1.82, 2.24) is 10.4 Å². The number of amides is 1. The molecule has 0 spiro atoms. The van der Waals surface area contributed by atoms with Crippen LogP contribution < -0.4 is 5.43 Å². The van der Waals surface area contributed by atoms with Gasteiger partial charge >= 0.3 is 0 Å². The van der Waals surface area contributed by atoms with Crippen molar-refractivity contribution in [3.63, 3.8) is 0 Å². The number of nitrogens with zero attached hydrogens (tertiary/aromatic N) is 2. The van der Waals surface area contributed by atoms with Gasteiger partial charge < -0.3 is 0 Å². The molecule has 1 amide bonds. The normalized spacial score (nSPS) is 10.7. The van der Waals surface area contributed by atoms with E-state index in [1.54, 1.807) is 12.4 Å². The zero-order valence-electron chi connectivity index (χ0n) is 10.5. The molecule has 0 saturated carbocycles. The van der Waals surface area contributed by atoms with Gasteiger partial charge in [-0.2, -0.15) is 5.10 Å². The summed E-state index contributed by atoms with van der Waals surface area (Å²) in [5, 5.41) is 4.73. The summed E-state index contributed by atoms with van der Waals surface area (Å²) >= 11 is 4.75. The van der Waals surface area contributed by atoms with Crippen molar-refractivity contribution in [3.05, 3.63) is 58.7 Å². The summed E-state index contributed by atoms with van der Waals surface area (Å²) in [4.78, 5) is 15.7. The zero-order chi connectivity index (χ0) is 14.2. The van der Waals surface area contributed by atoms with Crippen LogP contribution in [0.25, 0.3) is 0 Å². The Kier molecular flexibility index (Phi) is 5.76. The fourth-order valence-corrected chi connectivity index (χ4v) is 2.44. The quantitative estimate of drug-likeness (QED) is 0.512. The third kappa shape index (κ3) is 5.14. The number of thioether (sulfide) groups is 1. The van der Waals surface area contributed by atoms with Crippen molar-refractivity contribution < 1.29 is 4.79 Å². The second-order valence-electron chi connectivity index (χ2n) is 3.80. The minimum Gasteiger partial charge on any atom is -0.272 e. The number of hydrazone groups is 1. The van der Waals surface area contributed by atoms with E-state index in [-0.39, 0.29) is 11.7 Å². The van der Waals surface area contributed by atoms with E-state index in [1.165, 1.54) is 11.8 Å². The summed E-state index contributed by atoms with van der Waals surface area (Å²) in [7, 11) is 0. The lowest BCUT2D eigenvalue weighted by molar-refractivity contribution is -0.118. The van der Waals surface area contributed by atoms with Gasteiger partial charge in [-0.1, -0.05) is 45.9 Å². The summed E-state index contributed by atoms with van der Waals surface area (Å²) in [6, 6.07) is 13.2. The molecule has 1 aromatic heterocycles. The van der Waals surface area contributed by atoms with Crippen LogP contribution in [0.4, 0.5) is 0 Å². The van der Waals surface area contributed by atoms with E-state index in [9.17, 15) is 4.79 Å². The standard InChI is InChI=1S/C14H12BrN3OS/c15-12-5-3-4-11(8-12)9-17-18-13(19)10-20-14-6-1-2-7-16-14/h1-9H,10H2,(H,18,19)/b17-9+. The number of carbonyl (C=O) groups is 1. The lowest BCUT2D eigenvalue weighted by Gasteiger charge is -1.99. The van der Waals surface area contributed by atoms with Gasteiger partial charge in [0.05, 0.1) is 17.0 Å². The molecule has 2 rings (SSSR count). The minimum absolute atomic E-state index is 0.160. The van der Waals surface area contributed by atoms with Gasteiger partial charge in [0.2, 0.25) is 5.91 Å². The summed E-state index contributed by atoms with van der Waals surface area (Å²) in [6.45, 7) is 0. The highest BCUT2D eigenvalue weighted by atomic mass is 79.9. The summed E-state index contributed by atoms with van der Waals surface area (Å²) in [5.41, 5.74) is 3.40. The predicted octanol–water partition coefficient (Wildman–Crippen LogP) is 3.09. The molecule has 1 heterocycles. The van der Waals surface area contributed by atoms with Crippen molar-refractivity contribution in [3.8, 4) is 0 Å². The van der Waals surface area contributed by atoms with Crippen molar-refractivity contribution in [1.29, 1.82) is 0 Å². The Hall–Kier alpha value is -1.66. The van der Waals surface area contributed by atoms with Crippen LogP contribution in [0.3, 0.4) is 0 Å². The maximum Gasteiger partial charge on any atom is 0.250 e. The highest BCUT2D eigenvalue weighted by molar-refractivity contribution is 9.10. The molecule has 1 aromatic carbocycles. The molecule has 0 aliphatic carbocycles. The Balaban J connectivity index is 1.78. The van der Waals surface area contributed by atoms with Crippen molar-refractivity contribution in [2.75, 3.05) is 5.75 Å². The number of pyridine rings is 1. The zero-order valence-corrected chi connectivity index (χ0v) is 12.9. The number of benzene rings is 1. The van der Waals surface area contributed by atoms with Gasteiger partial charge in [0.25, 0.3) is 0 Å². The topological polar surface area (TPSA) is 54.4 Å². The lowest BCUT2D eigenvalue weighted by atomic mass is 10.2. The molecule has 0 radical (unpaired) electrons. The predicted molar refractivity (Wildman–Crippen MR) is 84.8 cm³/mol. The van der Waals surface area contributed by atoms with E-state index in [0.717, 1.165) is 15.1 Å². The van der Waals surface area contributed by atoms with Crippen LogP contribution >= 0.6 is 27.7 Å². The molecule has 0 atom stereocenters. The molecule has 0 bridgehead atoms. The summed E-state index contributed by atoms with van der Waals surface area (Å²) < 4.78 is 0.971. The second-order valence-corrected chi connectivity index (χ2v) is 5.72. The molecule has 102 valence electrons. The average Bonchev–Trinajstić information content (AvgIpc) is 2.46. The van der Waals surface area contributed by atoms with Crippen LogP contribution in [-0.4, -0.2) is 22.9 Å². The Morgan fingerprint density at radius 1 is 1.35 bits per heavy atom. The number of aromatic nitrogens is 1. The van der Waals surface area contributed by atoms with Gasteiger partial charge in [0.1, 0.15) is 0 Å². The van der Waals surface area contributed by atoms with E-state index in [4.69, 9.17) is 0 Å². The fourth-order valence-electron chi connectivity index (χ4n) is 1.37. The van der Waals surface area contributed by atoms with Gasteiger partial charge in [-0.05, 0) is 29.8 Å². The summed E-state index contributed by atoms with van der Waals surface area (Å²) in [6.07, 6.45) is 3.31. The molecule has 6 heteroatoms. The van der Waals surface area contributed by atoms with Crippen molar-refractivity contribution in [2.45, 2.75) is 5.03 Å². The van der Waals surface area contributed by atoms with Crippen molar-refractivity contribution >= 4 is 39.8 Å². The molecular formula is C14H12BrN3OS. The lowest BCUT2D eigenvalue weighted by Crippen LogP contribution is -2.19. The first-order valence-corrected chi connectivity index (χ1v) is 7.63. The molecule has 4 nitrogen and oxygen atoms in total. The first-order chi connectivity index (χ1) is 9.74. The first kappa shape index (κ1) is 14.7. The van der Waals surface area contributed by atoms with Crippen LogP contribution in [-0.2, 0) is 4.79 Å². The molecule has 0 aliphatic heterocycles. The molecule has 0 fully saturated rings. The van der Waals surface area contributed by atoms with E-state index < -0.39 is 0 Å². The molecule has 1 N–H and O–H groups in total. The van der Waals surface area contributed by atoms with Gasteiger partial charge in [0, 0.05) is 10.7 Å². The molecule has 0 unspecified atom stereocenters. The minimum atomic E-state index is -0.160. The molecule has 2 aromatic rings. The average molecular weight is 350 g/mol. The highest BCUT2D eigenvalue weighted by Gasteiger charge is 2.01. The smallest absolute Gasteiger partial charge is 0.250 e. The maximum absolute atomic E-state index is 11.6. The van der Waals surface area contributed by atoms with E-state index in [2.05, 4.69) is 31.4 Å². The number of nitrogens with one attached hydrogen (secondary N) is 1. The SMILES string of the molecule is O=C(CSc1ccccn1)N/N=C/c1cccc(Br)c1. The van der Waals surface area contributed by atoms with Crippen LogP contribution in [0.1, 0.15) is 5.56 Å². The van der Waals surface area contributed by atoms with Crippen molar-refractivity contribution in [2.24, 2.45) is 5.10 Å². The van der Waals surface area contributed by atoms with Crippen LogP contribution in [0.15, 0.2) is 63.3 Å². The Bertz CT molecular complexity index is 604. The van der Waals surface area contributed by atoms with Gasteiger partial charge in [-0.25, -0.2) is 10.4 Å². The molecule has 20 heavy (non-hydrogen) atoms. The Morgan fingerprint density at radius 2 is 2.25 bits per heavy atom. The van der Waals surface area contributed by atoms with Gasteiger partial charge in [0.15, 0.2) is 0 Å². The first-order valence-electron chi connectivity index (χ1n) is 5.85. The Morgan fingerprint density at radius 3 is 3.00 bits per heavy atom. The van der Waals surface area contributed by atoms with Crippen LogP contribution in [0.5, 0.6) is 0 Å². The van der Waals surface area contributed by atoms with Crippen LogP contribution in [0.2, 0.25) is 0 Å². The fraction of sp³-hybridized carbons (Fsp3) is 0.0714. The van der Waals surface area contributed by atoms with Crippen LogP contribution in [0, 0.1) is 0 Å². The summed E-state index contributed by atoms with van der Waals surface area (Å²) in [5.74, 6) is 0.124. The van der Waals surface area contributed by atoms with E-state index >= 15 is 0 Å². The molecule has 0 aliphatic rings. The molecular weight excluding hydrogens is 338 g/mol. The Labute approximate surface area is 129 Å². The van der Waals surface area contributed by atoms with Gasteiger partial charge in [-0.3, -0.25) is 4.79 Å². The third-order valence-corrected chi connectivity index (χ3v) is 3.68.